The second kappa shape index (κ2) is 7.53. The summed E-state index contributed by atoms with van der Waals surface area (Å²) in [5.74, 6) is 0. The molecule has 0 rings (SSSR count). The largest absolute Gasteiger partial charge is 0.331 e. The predicted molar refractivity (Wildman–Crippen MR) is 53.8 cm³/mol. The van der Waals surface area contributed by atoms with Crippen molar-refractivity contribution in [2.45, 2.75) is 53.2 Å². The quantitative estimate of drug-likeness (QED) is 0.629. The Morgan fingerprint density at radius 3 is 1.75 bits per heavy atom. The second-order valence-corrected chi connectivity index (χ2v) is 3.90. The van der Waals surface area contributed by atoms with Gasteiger partial charge in [0.25, 0.3) is 0 Å². The van der Waals surface area contributed by atoms with E-state index in [0.717, 1.165) is 6.54 Å². The van der Waals surface area contributed by atoms with Gasteiger partial charge in [0.15, 0.2) is 0 Å². The maximum Gasteiger partial charge on any atom is 0.0813 e. The summed E-state index contributed by atoms with van der Waals surface area (Å²) < 4.78 is 0. The summed E-state index contributed by atoms with van der Waals surface area (Å²) in [6.45, 7) is 12.8. The molecule has 0 fully saturated rings. The van der Waals surface area contributed by atoms with E-state index < -0.39 is 0 Å². The molecule has 3 N–H and O–H groups in total. The fourth-order valence-corrected chi connectivity index (χ4v) is 0.295. The number of nitrogens with one attached hydrogen (secondary N) is 1. The molecule has 0 saturated carbocycles. The lowest BCUT2D eigenvalue weighted by molar-refractivity contribution is -0.0834. The van der Waals surface area contributed by atoms with Crippen molar-refractivity contribution < 1.29 is 4.84 Å². The van der Waals surface area contributed by atoms with Crippen molar-refractivity contribution >= 4 is 0 Å². The van der Waals surface area contributed by atoms with Crippen molar-refractivity contribution in [2.24, 2.45) is 5.73 Å². The van der Waals surface area contributed by atoms with Crippen molar-refractivity contribution in [2.75, 3.05) is 6.54 Å². The van der Waals surface area contributed by atoms with Crippen LogP contribution >= 0.6 is 0 Å². The lowest BCUT2D eigenvalue weighted by Crippen LogP contribution is -2.33. The monoisotopic (exact) mass is 176 g/mol. The minimum absolute atomic E-state index is 0.0791. The van der Waals surface area contributed by atoms with E-state index in [9.17, 15) is 0 Å². The molecule has 12 heavy (non-hydrogen) atoms. The van der Waals surface area contributed by atoms with E-state index in [1.807, 2.05) is 41.5 Å². The first-order chi connectivity index (χ1) is 5.33. The molecule has 0 aromatic rings. The average Bonchev–Trinajstić information content (AvgIpc) is 1.84. The van der Waals surface area contributed by atoms with Crippen LogP contribution in [0, 0.1) is 0 Å². The smallest absolute Gasteiger partial charge is 0.0813 e. The van der Waals surface area contributed by atoms with Gasteiger partial charge in [-0.25, -0.2) is 0 Å². The molecule has 0 atom stereocenters. The number of hydrogen-bond donors (Lipinski definition) is 2. The molecule has 0 aliphatic carbocycles. The Bertz CT molecular complexity index is 87.0. The van der Waals surface area contributed by atoms with Crippen molar-refractivity contribution in [3.8, 4) is 0 Å². The molecule has 0 spiro atoms. The first-order valence-corrected chi connectivity index (χ1v) is 4.47. The zero-order valence-corrected chi connectivity index (χ0v) is 9.27. The predicted octanol–water partition coefficient (Wildman–Crippen LogP) is 1.68. The zero-order chi connectivity index (χ0) is 10.2. The Morgan fingerprint density at radius 2 is 1.67 bits per heavy atom. The molecule has 76 valence electrons. The molecule has 0 radical (unpaired) electrons. The van der Waals surface area contributed by atoms with Gasteiger partial charge in [0, 0.05) is 6.04 Å². The van der Waals surface area contributed by atoms with Gasteiger partial charge in [0.2, 0.25) is 0 Å². The highest BCUT2D eigenvalue weighted by Crippen LogP contribution is 2.03. The van der Waals surface area contributed by atoms with Crippen LogP contribution in [0.1, 0.15) is 41.5 Å². The maximum atomic E-state index is 5.24. The minimum Gasteiger partial charge on any atom is -0.331 e. The Labute approximate surface area is 76.6 Å². The van der Waals surface area contributed by atoms with Crippen LogP contribution in [0.5, 0.6) is 0 Å². The molecular weight excluding hydrogens is 152 g/mol. The number of hydroxylamine groups is 1. The molecular formula is C9H24N2O. The van der Waals surface area contributed by atoms with Gasteiger partial charge in [0.1, 0.15) is 0 Å². The molecule has 0 saturated heterocycles. The average molecular weight is 176 g/mol. The topological polar surface area (TPSA) is 47.3 Å². The molecule has 0 heterocycles. The van der Waals surface area contributed by atoms with Crippen molar-refractivity contribution in [1.82, 2.24) is 5.48 Å². The highest BCUT2D eigenvalue weighted by Gasteiger charge is 2.09. The standard InChI is InChI=1S/C7H17NO.C2H7N/c1-6(2)8-9-7(3,4)5;1-2-3/h6,8H,1-5H3;2-3H2,1H3. The van der Waals surface area contributed by atoms with E-state index in [2.05, 4.69) is 5.48 Å². The molecule has 0 aliphatic heterocycles. The zero-order valence-electron chi connectivity index (χ0n) is 9.27. The van der Waals surface area contributed by atoms with Gasteiger partial charge in [-0.2, -0.15) is 5.48 Å². The normalized spacial score (nSPS) is 11.0. The van der Waals surface area contributed by atoms with Gasteiger partial charge < -0.3 is 5.73 Å². The third kappa shape index (κ3) is 22.5. The van der Waals surface area contributed by atoms with Gasteiger partial charge in [-0.3, -0.25) is 4.84 Å². The summed E-state index contributed by atoms with van der Waals surface area (Å²) in [6.07, 6.45) is 0. The first-order valence-electron chi connectivity index (χ1n) is 4.47. The molecule has 0 aromatic heterocycles. The lowest BCUT2D eigenvalue weighted by atomic mass is 10.2. The van der Waals surface area contributed by atoms with Crippen LogP contribution in [0.2, 0.25) is 0 Å². The summed E-state index contributed by atoms with van der Waals surface area (Å²) >= 11 is 0. The molecule has 0 aromatic carbocycles. The van der Waals surface area contributed by atoms with Crippen LogP contribution < -0.4 is 11.2 Å². The Hall–Kier alpha value is -0.120. The lowest BCUT2D eigenvalue weighted by Gasteiger charge is -2.20. The summed E-state index contributed by atoms with van der Waals surface area (Å²) in [7, 11) is 0. The third-order valence-electron chi connectivity index (χ3n) is 0.601. The molecule has 0 aliphatic rings. The van der Waals surface area contributed by atoms with Crippen LogP contribution in [0.3, 0.4) is 0 Å². The van der Waals surface area contributed by atoms with Crippen LogP contribution in [-0.2, 0) is 4.84 Å². The fourth-order valence-electron chi connectivity index (χ4n) is 0.295. The van der Waals surface area contributed by atoms with E-state index in [1.165, 1.54) is 0 Å². The van der Waals surface area contributed by atoms with Gasteiger partial charge in [-0.05, 0) is 41.2 Å². The van der Waals surface area contributed by atoms with Crippen LogP contribution in [-0.4, -0.2) is 18.2 Å². The van der Waals surface area contributed by atoms with E-state index >= 15 is 0 Å². The third-order valence-corrected chi connectivity index (χ3v) is 0.601. The van der Waals surface area contributed by atoms with E-state index in [4.69, 9.17) is 10.6 Å². The number of nitrogens with two attached hydrogens (primary N) is 1. The Morgan fingerprint density at radius 1 is 1.33 bits per heavy atom. The van der Waals surface area contributed by atoms with E-state index in [-0.39, 0.29) is 5.60 Å². The van der Waals surface area contributed by atoms with E-state index in [0.29, 0.717) is 6.04 Å². The maximum absolute atomic E-state index is 5.24. The van der Waals surface area contributed by atoms with Crippen molar-refractivity contribution in [3.63, 3.8) is 0 Å². The molecule has 0 amide bonds. The van der Waals surface area contributed by atoms with Gasteiger partial charge >= 0.3 is 0 Å². The second-order valence-electron chi connectivity index (χ2n) is 3.90. The molecule has 0 bridgehead atoms. The number of rotatable bonds is 2. The number of hydrogen-bond acceptors (Lipinski definition) is 3. The molecule has 3 nitrogen and oxygen atoms in total. The van der Waals surface area contributed by atoms with Crippen LogP contribution in [0.15, 0.2) is 0 Å². The van der Waals surface area contributed by atoms with E-state index in [1.54, 1.807) is 0 Å². The minimum atomic E-state index is -0.0791. The van der Waals surface area contributed by atoms with Gasteiger partial charge in [-0.1, -0.05) is 6.92 Å². The summed E-state index contributed by atoms with van der Waals surface area (Å²) in [5, 5.41) is 0. The molecule has 0 unspecified atom stereocenters. The van der Waals surface area contributed by atoms with Crippen LogP contribution in [0.25, 0.3) is 0 Å². The fraction of sp³-hybridized carbons (Fsp3) is 1.00. The Kier molecular flexibility index (Phi) is 9.03. The highest BCUT2D eigenvalue weighted by molar-refractivity contribution is 4.57. The summed E-state index contributed by atoms with van der Waals surface area (Å²) in [4.78, 5) is 5.24. The van der Waals surface area contributed by atoms with Gasteiger partial charge in [-0.15, -0.1) is 0 Å². The SMILES string of the molecule is CC(C)NOC(C)(C)C.CCN. The highest BCUT2D eigenvalue weighted by atomic mass is 16.7. The van der Waals surface area contributed by atoms with Crippen molar-refractivity contribution in [1.29, 1.82) is 0 Å². The Balaban J connectivity index is 0. The summed E-state index contributed by atoms with van der Waals surface area (Å²) in [6, 6.07) is 0.393. The first kappa shape index (κ1) is 14.4. The molecule has 3 heteroatoms. The van der Waals surface area contributed by atoms with Crippen LogP contribution in [0.4, 0.5) is 0 Å². The van der Waals surface area contributed by atoms with Crippen molar-refractivity contribution in [3.05, 3.63) is 0 Å². The van der Waals surface area contributed by atoms with Gasteiger partial charge in [0.05, 0.1) is 5.60 Å². The summed E-state index contributed by atoms with van der Waals surface area (Å²) in [5.41, 5.74) is 7.65.